The van der Waals surface area contributed by atoms with Crippen molar-refractivity contribution in [2.45, 2.75) is 13.8 Å². The molecule has 0 spiro atoms. The highest BCUT2D eigenvalue weighted by atomic mass is 19.2. The van der Waals surface area contributed by atoms with E-state index < -0.39 is 56.5 Å². The predicted molar refractivity (Wildman–Crippen MR) is 83.6 cm³/mol. The fourth-order valence-electron chi connectivity index (χ4n) is 1.90. The van der Waals surface area contributed by atoms with Crippen molar-refractivity contribution in [3.05, 3.63) is 50.5 Å². The van der Waals surface area contributed by atoms with Crippen LogP contribution in [0.3, 0.4) is 0 Å². The van der Waals surface area contributed by atoms with Gasteiger partial charge in [-0.2, -0.15) is 4.39 Å². The summed E-state index contributed by atoms with van der Waals surface area (Å²) < 4.78 is 46.6. The first kappa shape index (κ1) is 21.1. The van der Waals surface area contributed by atoms with Gasteiger partial charge in [-0.05, 0) is 13.8 Å². The Balaban J connectivity index is 3.70. The highest BCUT2D eigenvalue weighted by molar-refractivity contribution is 6.25. The van der Waals surface area contributed by atoms with Gasteiger partial charge in [0.05, 0.1) is 11.5 Å². The monoisotopic (exact) mass is 375 g/mol. The van der Waals surface area contributed by atoms with Crippen molar-refractivity contribution < 1.29 is 32.4 Å². The fraction of sp³-hybridized carbons (Fsp3) is 0.333. The summed E-state index contributed by atoms with van der Waals surface area (Å²) in [5, 5.41) is 12.4. The van der Waals surface area contributed by atoms with E-state index in [1.165, 1.54) is 26.0 Å². The van der Waals surface area contributed by atoms with Crippen LogP contribution in [0.4, 0.5) is 18.9 Å². The van der Waals surface area contributed by atoms with E-state index in [1.54, 1.807) is 0 Å². The molecule has 142 valence electrons. The Morgan fingerprint density at radius 3 is 2.27 bits per heavy atom. The number of carbonyl (C=O) groups excluding carboxylic acids is 2. The third-order valence-electron chi connectivity index (χ3n) is 3.13. The molecule has 26 heavy (non-hydrogen) atoms. The normalized spacial score (nSPS) is 11.5. The van der Waals surface area contributed by atoms with Gasteiger partial charge in [-0.3, -0.25) is 14.9 Å². The van der Waals surface area contributed by atoms with E-state index in [2.05, 4.69) is 10.2 Å². The Morgan fingerprint density at radius 2 is 1.81 bits per heavy atom. The summed E-state index contributed by atoms with van der Waals surface area (Å²) in [5.74, 6) is -8.17. The highest BCUT2D eigenvalue weighted by Crippen LogP contribution is 2.32. The third kappa shape index (κ3) is 4.17. The first-order valence-corrected chi connectivity index (χ1v) is 7.21. The zero-order valence-corrected chi connectivity index (χ0v) is 14.4. The number of hydrogen-bond acceptors (Lipinski definition) is 7. The number of benzene rings is 1. The minimum absolute atomic E-state index is 0.146. The van der Waals surface area contributed by atoms with Gasteiger partial charge < -0.3 is 10.2 Å². The molecule has 0 aromatic heterocycles. The smallest absolute Gasteiger partial charge is 0.343 e. The summed E-state index contributed by atoms with van der Waals surface area (Å²) in [6, 6.07) is 0. The molecule has 0 bridgehead atoms. The van der Waals surface area contributed by atoms with Crippen molar-refractivity contribution in [2.24, 2.45) is 0 Å². The number of halogens is 3. The largest absolute Gasteiger partial charge is 0.462 e. The van der Waals surface area contributed by atoms with E-state index in [9.17, 15) is 32.9 Å². The zero-order valence-electron chi connectivity index (χ0n) is 14.4. The number of nitro benzene ring substituents is 1. The molecule has 0 unspecified atom stereocenters. The van der Waals surface area contributed by atoms with Crippen LogP contribution < -0.4 is 5.43 Å². The molecule has 0 amide bonds. The minimum Gasteiger partial charge on any atom is -0.462 e. The number of hydrogen-bond donors (Lipinski definition) is 1. The second kappa shape index (κ2) is 8.43. The number of esters is 1. The number of nitrogens with one attached hydrogen (secondary N) is 1. The molecule has 0 aliphatic rings. The van der Waals surface area contributed by atoms with Crippen LogP contribution >= 0.6 is 0 Å². The van der Waals surface area contributed by atoms with Gasteiger partial charge in [0.25, 0.3) is 0 Å². The zero-order chi connectivity index (χ0) is 20.2. The maximum Gasteiger partial charge on any atom is 0.343 e. The Labute approximate surface area is 146 Å². The maximum atomic E-state index is 14.4. The number of nitro groups is 1. The number of ether oxygens (including phenoxy) is 1. The van der Waals surface area contributed by atoms with Crippen LogP contribution in [0.2, 0.25) is 0 Å². The quantitative estimate of drug-likeness (QED) is 0.114. The number of ketones is 1. The van der Waals surface area contributed by atoms with Gasteiger partial charge in [0, 0.05) is 25.9 Å². The van der Waals surface area contributed by atoms with Crippen molar-refractivity contribution >= 4 is 17.4 Å². The Kier molecular flexibility index (Phi) is 6.84. The predicted octanol–water partition coefficient (Wildman–Crippen LogP) is 2.02. The molecule has 0 saturated heterocycles. The summed E-state index contributed by atoms with van der Waals surface area (Å²) in [6.45, 7) is 2.09. The second-order valence-corrected chi connectivity index (χ2v) is 5.18. The average Bonchev–Trinajstić information content (AvgIpc) is 2.55. The average molecular weight is 375 g/mol. The summed E-state index contributed by atoms with van der Waals surface area (Å²) in [5.41, 5.74) is -2.39. The number of rotatable bonds is 7. The molecular formula is C15H16F3N3O5. The van der Waals surface area contributed by atoms with Gasteiger partial charge >= 0.3 is 11.7 Å². The Morgan fingerprint density at radius 1 is 1.23 bits per heavy atom. The van der Waals surface area contributed by atoms with Gasteiger partial charge in [0.15, 0.2) is 5.82 Å². The Hall–Kier alpha value is -2.95. The summed E-state index contributed by atoms with van der Waals surface area (Å²) in [6.07, 6.45) is 0.820. The molecule has 1 aromatic rings. The van der Waals surface area contributed by atoms with Crippen LogP contribution in [0, 0.1) is 34.5 Å². The number of nitrogens with zero attached hydrogens (tertiary/aromatic N) is 2. The van der Waals surface area contributed by atoms with Crippen molar-refractivity contribution in [2.75, 3.05) is 20.7 Å². The molecular weight excluding hydrogens is 359 g/mol. The molecule has 1 N–H and O–H groups in total. The number of Topliss-reactive ketones (excluding diaryl/α,β-unsaturated/α-hetero) is 1. The van der Waals surface area contributed by atoms with E-state index in [0.29, 0.717) is 0 Å². The first-order chi connectivity index (χ1) is 12.0. The van der Waals surface area contributed by atoms with Gasteiger partial charge in [-0.1, -0.05) is 0 Å². The summed E-state index contributed by atoms with van der Waals surface area (Å²) in [4.78, 5) is 34.2. The molecule has 0 aliphatic carbocycles. The van der Waals surface area contributed by atoms with Crippen LogP contribution in [0.1, 0.15) is 22.8 Å². The molecule has 8 nitrogen and oxygen atoms in total. The standard InChI is InChI=1S/C15H16F3N3O5/c1-5-26-15(23)8(6-19-20(3)4)14(22)9-10(16)7(2)11(17)12(18)13(9)21(24)25/h6,19H,5H2,1-4H3. The summed E-state index contributed by atoms with van der Waals surface area (Å²) >= 11 is 0. The van der Waals surface area contributed by atoms with Crippen LogP contribution in [-0.4, -0.2) is 42.4 Å². The molecule has 0 aliphatic heterocycles. The van der Waals surface area contributed by atoms with Crippen molar-refractivity contribution in [3.63, 3.8) is 0 Å². The van der Waals surface area contributed by atoms with Crippen molar-refractivity contribution in [1.29, 1.82) is 0 Å². The van der Waals surface area contributed by atoms with E-state index in [1.807, 2.05) is 0 Å². The highest BCUT2D eigenvalue weighted by Gasteiger charge is 2.37. The van der Waals surface area contributed by atoms with Gasteiger partial charge in [-0.25, -0.2) is 18.6 Å². The molecule has 0 saturated carbocycles. The summed E-state index contributed by atoms with van der Waals surface area (Å²) in [7, 11) is 2.99. The molecule has 11 heteroatoms. The van der Waals surface area contributed by atoms with E-state index in [0.717, 1.165) is 13.1 Å². The third-order valence-corrected chi connectivity index (χ3v) is 3.13. The first-order valence-electron chi connectivity index (χ1n) is 7.21. The SMILES string of the molecule is CCOC(=O)C(=CNN(C)C)C(=O)c1c(F)c(C)c(F)c(F)c1[N+](=O)[O-]. The number of carbonyl (C=O) groups is 2. The molecule has 1 rings (SSSR count). The lowest BCUT2D eigenvalue weighted by atomic mass is 9.98. The van der Waals surface area contributed by atoms with E-state index in [4.69, 9.17) is 0 Å². The lowest BCUT2D eigenvalue weighted by Gasteiger charge is -2.13. The molecule has 0 atom stereocenters. The lowest BCUT2D eigenvalue weighted by Crippen LogP contribution is -2.28. The van der Waals surface area contributed by atoms with E-state index >= 15 is 0 Å². The van der Waals surface area contributed by atoms with Gasteiger partial charge in [-0.15, -0.1) is 0 Å². The van der Waals surface area contributed by atoms with Crippen LogP contribution in [0.15, 0.2) is 11.8 Å². The maximum absolute atomic E-state index is 14.4. The van der Waals surface area contributed by atoms with E-state index in [-0.39, 0.29) is 6.61 Å². The van der Waals surface area contributed by atoms with Crippen LogP contribution in [0.25, 0.3) is 0 Å². The van der Waals surface area contributed by atoms with Crippen molar-refractivity contribution in [3.8, 4) is 0 Å². The molecule has 1 aromatic carbocycles. The number of hydrazine groups is 1. The Bertz CT molecular complexity index is 793. The second-order valence-electron chi connectivity index (χ2n) is 5.18. The molecule has 0 heterocycles. The minimum atomic E-state index is -2.00. The fourth-order valence-corrected chi connectivity index (χ4v) is 1.90. The lowest BCUT2D eigenvalue weighted by molar-refractivity contribution is -0.388. The van der Waals surface area contributed by atoms with Gasteiger partial charge in [0.1, 0.15) is 17.0 Å². The van der Waals surface area contributed by atoms with Gasteiger partial charge in [0.2, 0.25) is 11.6 Å². The molecule has 0 radical (unpaired) electrons. The van der Waals surface area contributed by atoms with Crippen molar-refractivity contribution in [1.82, 2.24) is 10.4 Å². The topological polar surface area (TPSA) is 102 Å². The molecule has 0 fully saturated rings. The van der Waals surface area contributed by atoms with Crippen LogP contribution in [-0.2, 0) is 9.53 Å². The van der Waals surface area contributed by atoms with Crippen LogP contribution in [0.5, 0.6) is 0 Å².